The van der Waals surface area contributed by atoms with Crippen LogP contribution in [-0.2, 0) is 4.79 Å². The molecule has 3 atom stereocenters. The van der Waals surface area contributed by atoms with Crippen molar-refractivity contribution < 1.29 is 4.79 Å². The van der Waals surface area contributed by atoms with Crippen molar-refractivity contribution in [3.05, 3.63) is 29.3 Å². The molecule has 0 aliphatic heterocycles. The predicted molar refractivity (Wildman–Crippen MR) is 84.7 cm³/mol. The van der Waals surface area contributed by atoms with Crippen LogP contribution in [0.5, 0.6) is 0 Å². The number of carbonyl (C=O) groups is 1. The first-order valence-corrected chi connectivity index (χ1v) is 7.78. The molecule has 0 spiro atoms. The monoisotopic (exact) mass is 282 g/mol. The number of hydrogen-bond donors (Lipinski definition) is 2. The Hall–Kier alpha value is -1.79. The molecule has 2 saturated carbocycles. The molecule has 2 aliphatic carbocycles. The molecule has 2 bridgehead atoms. The number of nitrogens with one attached hydrogen (secondary N) is 1. The van der Waals surface area contributed by atoms with Gasteiger partial charge in [0.1, 0.15) is 0 Å². The number of fused-ring (bicyclic) bond motifs is 2. The van der Waals surface area contributed by atoms with Gasteiger partial charge >= 0.3 is 0 Å². The molecule has 110 valence electrons. The van der Waals surface area contributed by atoms with Crippen molar-refractivity contribution in [3.8, 4) is 11.8 Å². The van der Waals surface area contributed by atoms with Crippen LogP contribution in [0.2, 0.25) is 0 Å². The topological polar surface area (TPSA) is 55.1 Å². The van der Waals surface area contributed by atoms with Crippen LogP contribution in [0, 0.1) is 36.5 Å². The van der Waals surface area contributed by atoms with Crippen LogP contribution in [0.1, 0.15) is 36.8 Å². The van der Waals surface area contributed by atoms with Gasteiger partial charge in [-0.3, -0.25) is 4.79 Å². The molecular weight excluding hydrogens is 260 g/mol. The number of hydrogen-bond acceptors (Lipinski definition) is 2. The van der Waals surface area contributed by atoms with Gasteiger partial charge in [-0.2, -0.15) is 0 Å². The second-order valence-electron chi connectivity index (χ2n) is 6.31. The largest absolute Gasteiger partial charge is 0.326 e. The Morgan fingerprint density at radius 1 is 1.38 bits per heavy atom. The van der Waals surface area contributed by atoms with E-state index in [2.05, 4.69) is 17.2 Å². The molecule has 0 radical (unpaired) electrons. The summed E-state index contributed by atoms with van der Waals surface area (Å²) in [6.07, 6.45) is 4.89. The average molecular weight is 282 g/mol. The molecule has 3 nitrogen and oxygen atoms in total. The lowest BCUT2D eigenvalue weighted by molar-refractivity contribution is -0.121. The van der Waals surface area contributed by atoms with Crippen LogP contribution in [0.4, 0.5) is 5.69 Å². The highest BCUT2D eigenvalue weighted by atomic mass is 16.1. The minimum Gasteiger partial charge on any atom is -0.326 e. The molecule has 3 N–H and O–H groups in total. The number of nitrogens with two attached hydrogens (primary N) is 1. The Morgan fingerprint density at radius 3 is 2.86 bits per heavy atom. The van der Waals surface area contributed by atoms with Crippen molar-refractivity contribution >= 4 is 11.6 Å². The number of anilines is 1. The van der Waals surface area contributed by atoms with Gasteiger partial charge in [0.2, 0.25) is 5.91 Å². The highest BCUT2D eigenvalue weighted by Gasteiger charge is 2.43. The third kappa shape index (κ3) is 2.96. The van der Waals surface area contributed by atoms with E-state index in [9.17, 15) is 4.79 Å². The van der Waals surface area contributed by atoms with E-state index in [1.54, 1.807) is 0 Å². The van der Waals surface area contributed by atoms with Crippen LogP contribution in [0.3, 0.4) is 0 Å². The van der Waals surface area contributed by atoms with Gasteiger partial charge in [-0.1, -0.05) is 18.3 Å². The van der Waals surface area contributed by atoms with Crippen molar-refractivity contribution in [3.63, 3.8) is 0 Å². The smallest absolute Gasteiger partial charge is 0.227 e. The van der Waals surface area contributed by atoms with Gasteiger partial charge in [-0.25, -0.2) is 0 Å². The molecule has 3 rings (SSSR count). The number of aryl methyl sites for hydroxylation is 1. The Labute approximate surface area is 126 Å². The molecule has 1 aromatic carbocycles. The SMILES string of the molecule is Cc1cc(C#CCN)ccc1NC(=O)C1CC2CCC1C2. The number of benzene rings is 1. The van der Waals surface area contributed by atoms with E-state index < -0.39 is 0 Å². The van der Waals surface area contributed by atoms with Gasteiger partial charge in [-0.05, 0) is 61.8 Å². The number of amides is 1. The standard InChI is InChI=1S/C18H22N2O/c1-12-9-13(3-2-8-19)5-7-17(12)20-18(21)16-11-14-4-6-15(16)10-14/h5,7,9,14-16H,4,6,8,10-11,19H2,1H3,(H,20,21). The molecule has 0 saturated heterocycles. The van der Waals surface area contributed by atoms with E-state index in [1.807, 2.05) is 25.1 Å². The van der Waals surface area contributed by atoms with Crippen molar-refractivity contribution in [2.24, 2.45) is 23.5 Å². The zero-order chi connectivity index (χ0) is 14.8. The predicted octanol–water partition coefficient (Wildman–Crippen LogP) is 2.68. The van der Waals surface area contributed by atoms with Crippen molar-refractivity contribution in [1.29, 1.82) is 0 Å². The fraction of sp³-hybridized carbons (Fsp3) is 0.500. The summed E-state index contributed by atoms with van der Waals surface area (Å²) in [5.41, 5.74) is 8.27. The molecule has 2 fully saturated rings. The Kier molecular flexibility index (Phi) is 3.98. The summed E-state index contributed by atoms with van der Waals surface area (Å²) in [4.78, 5) is 12.5. The van der Waals surface area contributed by atoms with E-state index >= 15 is 0 Å². The molecule has 1 amide bonds. The van der Waals surface area contributed by atoms with E-state index in [-0.39, 0.29) is 11.8 Å². The molecule has 0 aromatic heterocycles. The first-order valence-electron chi connectivity index (χ1n) is 7.78. The van der Waals surface area contributed by atoms with Crippen molar-refractivity contribution in [2.45, 2.75) is 32.6 Å². The summed E-state index contributed by atoms with van der Waals surface area (Å²) in [5, 5.41) is 3.11. The molecule has 0 heterocycles. The minimum atomic E-state index is 0.200. The van der Waals surface area contributed by atoms with E-state index in [0.29, 0.717) is 12.5 Å². The third-order valence-electron chi connectivity index (χ3n) is 4.89. The van der Waals surface area contributed by atoms with Gasteiger partial charge < -0.3 is 11.1 Å². The van der Waals surface area contributed by atoms with Crippen LogP contribution >= 0.6 is 0 Å². The summed E-state index contributed by atoms with van der Waals surface area (Å²) in [6, 6.07) is 5.88. The first-order chi connectivity index (χ1) is 10.2. The summed E-state index contributed by atoms with van der Waals surface area (Å²) in [6.45, 7) is 2.37. The quantitative estimate of drug-likeness (QED) is 0.819. The highest BCUT2D eigenvalue weighted by Crippen LogP contribution is 2.48. The van der Waals surface area contributed by atoms with Gasteiger partial charge in [-0.15, -0.1) is 0 Å². The van der Waals surface area contributed by atoms with Gasteiger partial charge in [0.05, 0.1) is 6.54 Å². The minimum absolute atomic E-state index is 0.200. The molecular formula is C18H22N2O. The van der Waals surface area contributed by atoms with Crippen LogP contribution in [0.25, 0.3) is 0 Å². The summed E-state index contributed by atoms with van der Waals surface area (Å²) in [7, 11) is 0. The van der Waals surface area contributed by atoms with Gasteiger partial charge in [0.25, 0.3) is 0 Å². The Morgan fingerprint density at radius 2 is 2.24 bits per heavy atom. The average Bonchev–Trinajstić information content (AvgIpc) is 3.10. The Balaban J connectivity index is 1.68. The maximum absolute atomic E-state index is 12.5. The fourth-order valence-corrected chi connectivity index (χ4v) is 3.83. The normalized spacial score (nSPS) is 26.3. The molecule has 3 heteroatoms. The zero-order valence-corrected chi connectivity index (χ0v) is 12.5. The lowest BCUT2D eigenvalue weighted by Crippen LogP contribution is -2.27. The second kappa shape index (κ2) is 5.91. The fourth-order valence-electron chi connectivity index (χ4n) is 3.83. The first kappa shape index (κ1) is 14.2. The van der Waals surface area contributed by atoms with Crippen LogP contribution in [-0.4, -0.2) is 12.5 Å². The number of carbonyl (C=O) groups excluding carboxylic acids is 1. The van der Waals surface area contributed by atoms with Crippen molar-refractivity contribution in [2.75, 3.05) is 11.9 Å². The van der Waals surface area contributed by atoms with Crippen LogP contribution < -0.4 is 11.1 Å². The lowest BCUT2D eigenvalue weighted by atomic mass is 9.88. The second-order valence-corrected chi connectivity index (χ2v) is 6.31. The number of rotatable bonds is 2. The summed E-state index contributed by atoms with van der Waals surface area (Å²) < 4.78 is 0. The van der Waals surface area contributed by atoms with E-state index in [1.165, 1.54) is 19.3 Å². The third-order valence-corrected chi connectivity index (χ3v) is 4.89. The lowest BCUT2D eigenvalue weighted by Gasteiger charge is -2.21. The maximum atomic E-state index is 12.5. The highest BCUT2D eigenvalue weighted by molar-refractivity contribution is 5.93. The maximum Gasteiger partial charge on any atom is 0.227 e. The van der Waals surface area contributed by atoms with Crippen molar-refractivity contribution in [1.82, 2.24) is 0 Å². The van der Waals surface area contributed by atoms with E-state index in [0.717, 1.165) is 29.2 Å². The molecule has 21 heavy (non-hydrogen) atoms. The van der Waals surface area contributed by atoms with E-state index in [4.69, 9.17) is 5.73 Å². The molecule has 2 aliphatic rings. The molecule has 1 aromatic rings. The zero-order valence-electron chi connectivity index (χ0n) is 12.5. The van der Waals surface area contributed by atoms with Gasteiger partial charge in [0, 0.05) is 17.2 Å². The van der Waals surface area contributed by atoms with Gasteiger partial charge in [0.15, 0.2) is 0 Å². The Bertz CT molecular complexity index is 611. The summed E-state index contributed by atoms with van der Waals surface area (Å²) >= 11 is 0. The summed E-state index contributed by atoms with van der Waals surface area (Å²) in [5.74, 6) is 7.69. The van der Waals surface area contributed by atoms with Crippen LogP contribution in [0.15, 0.2) is 18.2 Å². The molecule has 3 unspecified atom stereocenters.